The lowest BCUT2D eigenvalue weighted by molar-refractivity contribution is 0.396. The van der Waals surface area contributed by atoms with Gasteiger partial charge in [-0.05, 0) is 43.9 Å². The van der Waals surface area contributed by atoms with Crippen molar-refractivity contribution in [2.24, 2.45) is 0 Å². The van der Waals surface area contributed by atoms with Gasteiger partial charge in [0.2, 0.25) is 10.0 Å². The quantitative estimate of drug-likeness (QED) is 0.936. The molecule has 5 heteroatoms. The summed E-state index contributed by atoms with van der Waals surface area (Å²) < 4.78 is 27.5. The molecular weight excluding hydrogens is 310 g/mol. The minimum absolute atomic E-state index is 0.0113. The number of aryl methyl sites for hydroxylation is 2. The molecule has 0 saturated carbocycles. The Morgan fingerprint density at radius 3 is 2.43 bits per heavy atom. The van der Waals surface area contributed by atoms with Gasteiger partial charge in [0.15, 0.2) is 0 Å². The van der Waals surface area contributed by atoms with E-state index in [2.05, 4.69) is 0 Å². The Morgan fingerprint density at radius 1 is 1.09 bits per heavy atom. The van der Waals surface area contributed by atoms with Gasteiger partial charge in [-0.2, -0.15) is 4.31 Å². The highest BCUT2D eigenvalue weighted by Gasteiger charge is 2.36. The van der Waals surface area contributed by atoms with Crippen molar-refractivity contribution in [2.45, 2.75) is 37.6 Å². The highest BCUT2D eigenvalue weighted by atomic mass is 32.2. The van der Waals surface area contributed by atoms with E-state index in [0.717, 1.165) is 24.0 Å². The first-order valence-corrected chi connectivity index (χ1v) is 9.21. The molecule has 2 aromatic carbocycles. The number of hydrogen-bond acceptors (Lipinski definition) is 3. The summed E-state index contributed by atoms with van der Waals surface area (Å²) >= 11 is 0. The minimum atomic E-state index is -3.61. The van der Waals surface area contributed by atoms with E-state index in [-0.39, 0.29) is 16.7 Å². The van der Waals surface area contributed by atoms with E-state index in [1.165, 1.54) is 6.07 Å². The maximum absolute atomic E-state index is 13.0. The van der Waals surface area contributed by atoms with Crippen LogP contribution in [0.2, 0.25) is 0 Å². The number of nitrogens with zero attached hydrogens (tertiary/aromatic N) is 1. The highest BCUT2D eigenvalue weighted by molar-refractivity contribution is 7.89. The van der Waals surface area contributed by atoms with Crippen LogP contribution in [0.5, 0.6) is 5.75 Å². The van der Waals surface area contributed by atoms with Crippen molar-refractivity contribution in [1.29, 1.82) is 0 Å². The van der Waals surface area contributed by atoms with Crippen LogP contribution >= 0.6 is 0 Å². The van der Waals surface area contributed by atoms with Gasteiger partial charge in [-0.15, -0.1) is 0 Å². The van der Waals surface area contributed by atoms with Gasteiger partial charge in [0, 0.05) is 12.6 Å². The van der Waals surface area contributed by atoms with Crippen LogP contribution < -0.4 is 0 Å². The second-order valence-electron chi connectivity index (χ2n) is 6.13. The first-order valence-electron chi connectivity index (χ1n) is 7.77. The predicted molar refractivity (Wildman–Crippen MR) is 89.9 cm³/mol. The summed E-state index contributed by atoms with van der Waals surface area (Å²) in [6, 6.07) is 12.4. The molecule has 1 heterocycles. The smallest absolute Gasteiger partial charge is 0.243 e. The number of phenolic OH excluding ortho intramolecular Hbond substituents is 1. The third-order valence-electron chi connectivity index (χ3n) is 4.45. The molecule has 1 aliphatic heterocycles. The molecule has 122 valence electrons. The zero-order chi connectivity index (χ0) is 16.6. The molecule has 3 rings (SSSR count). The molecule has 0 bridgehead atoms. The standard InChI is InChI=1S/C18H21NO3S/c1-13-5-8-15(9-6-13)17-4-3-11-19(17)23(21,22)16-10-7-14(2)18(20)12-16/h5-10,12,17,20H,3-4,11H2,1-2H3. The summed E-state index contributed by atoms with van der Waals surface area (Å²) in [5.41, 5.74) is 2.85. The Bertz CT molecular complexity index is 813. The SMILES string of the molecule is Cc1ccc(C2CCCN2S(=O)(=O)c2ccc(C)c(O)c2)cc1. The van der Waals surface area contributed by atoms with Crippen molar-refractivity contribution in [1.82, 2.24) is 4.31 Å². The summed E-state index contributed by atoms with van der Waals surface area (Å²) in [5.74, 6) is 0.0113. The fourth-order valence-corrected chi connectivity index (χ4v) is 4.74. The molecule has 1 atom stereocenters. The number of aromatic hydroxyl groups is 1. The average Bonchev–Trinajstić information content (AvgIpc) is 3.01. The lowest BCUT2D eigenvalue weighted by Gasteiger charge is -2.24. The summed E-state index contributed by atoms with van der Waals surface area (Å²) in [6.45, 7) is 4.27. The Kier molecular flexibility index (Phi) is 4.17. The topological polar surface area (TPSA) is 57.6 Å². The van der Waals surface area contributed by atoms with Gasteiger partial charge in [-0.1, -0.05) is 35.9 Å². The molecule has 1 unspecified atom stereocenters. The zero-order valence-corrected chi connectivity index (χ0v) is 14.2. The summed E-state index contributed by atoms with van der Waals surface area (Å²) in [5, 5.41) is 9.84. The van der Waals surface area contributed by atoms with Crippen LogP contribution in [0, 0.1) is 13.8 Å². The number of sulfonamides is 1. The van der Waals surface area contributed by atoms with Crippen molar-refractivity contribution >= 4 is 10.0 Å². The van der Waals surface area contributed by atoms with Crippen molar-refractivity contribution in [2.75, 3.05) is 6.54 Å². The van der Waals surface area contributed by atoms with Crippen molar-refractivity contribution in [3.8, 4) is 5.75 Å². The van der Waals surface area contributed by atoms with Crippen LogP contribution in [0.1, 0.15) is 35.6 Å². The fraction of sp³-hybridized carbons (Fsp3) is 0.333. The molecule has 23 heavy (non-hydrogen) atoms. The first kappa shape index (κ1) is 16.0. The molecular formula is C18H21NO3S. The highest BCUT2D eigenvalue weighted by Crippen LogP contribution is 2.37. The molecule has 0 amide bonds. The maximum atomic E-state index is 13.0. The number of phenols is 1. The zero-order valence-electron chi connectivity index (χ0n) is 13.4. The normalized spacial score (nSPS) is 19.1. The Hall–Kier alpha value is -1.85. The average molecular weight is 331 g/mol. The maximum Gasteiger partial charge on any atom is 0.243 e. The van der Waals surface area contributed by atoms with Crippen molar-refractivity contribution in [3.05, 3.63) is 59.2 Å². The molecule has 1 saturated heterocycles. The second-order valence-corrected chi connectivity index (χ2v) is 8.02. The lowest BCUT2D eigenvalue weighted by atomic mass is 10.0. The molecule has 0 aromatic heterocycles. The monoisotopic (exact) mass is 331 g/mol. The van der Waals surface area contributed by atoms with E-state index in [1.807, 2.05) is 31.2 Å². The van der Waals surface area contributed by atoms with E-state index in [1.54, 1.807) is 23.4 Å². The summed E-state index contributed by atoms with van der Waals surface area (Å²) in [7, 11) is -3.61. The number of hydrogen-bond donors (Lipinski definition) is 1. The minimum Gasteiger partial charge on any atom is -0.508 e. The fourth-order valence-electron chi connectivity index (χ4n) is 3.03. The van der Waals surface area contributed by atoms with Gasteiger partial charge in [0.1, 0.15) is 5.75 Å². The number of benzene rings is 2. The molecule has 1 aliphatic rings. The molecule has 0 spiro atoms. The van der Waals surface area contributed by atoms with E-state index < -0.39 is 10.0 Å². The van der Waals surface area contributed by atoms with Gasteiger partial charge in [-0.25, -0.2) is 8.42 Å². The third kappa shape index (κ3) is 2.99. The van der Waals surface area contributed by atoms with E-state index >= 15 is 0 Å². The molecule has 0 aliphatic carbocycles. The number of rotatable bonds is 3. The lowest BCUT2D eigenvalue weighted by Crippen LogP contribution is -2.30. The van der Waals surface area contributed by atoms with E-state index in [9.17, 15) is 13.5 Å². The van der Waals surface area contributed by atoms with Crippen LogP contribution in [0.25, 0.3) is 0 Å². The van der Waals surface area contributed by atoms with Gasteiger partial charge >= 0.3 is 0 Å². The van der Waals surface area contributed by atoms with Crippen LogP contribution in [-0.4, -0.2) is 24.4 Å². The molecule has 0 radical (unpaired) electrons. The van der Waals surface area contributed by atoms with Gasteiger partial charge in [0.25, 0.3) is 0 Å². The van der Waals surface area contributed by atoms with Gasteiger partial charge < -0.3 is 5.11 Å². The molecule has 1 N–H and O–H groups in total. The van der Waals surface area contributed by atoms with Crippen molar-refractivity contribution in [3.63, 3.8) is 0 Å². The Morgan fingerprint density at radius 2 is 1.78 bits per heavy atom. The second kappa shape index (κ2) is 5.98. The van der Waals surface area contributed by atoms with E-state index in [0.29, 0.717) is 12.1 Å². The first-order chi connectivity index (χ1) is 10.9. The third-order valence-corrected chi connectivity index (χ3v) is 6.36. The molecule has 4 nitrogen and oxygen atoms in total. The van der Waals surface area contributed by atoms with Gasteiger partial charge in [-0.3, -0.25) is 0 Å². The van der Waals surface area contributed by atoms with Crippen molar-refractivity contribution < 1.29 is 13.5 Å². The largest absolute Gasteiger partial charge is 0.508 e. The van der Waals surface area contributed by atoms with Crippen LogP contribution in [-0.2, 0) is 10.0 Å². The molecule has 2 aromatic rings. The molecule has 1 fully saturated rings. The summed E-state index contributed by atoms with van der Waals surface area (Å²) in [6.07, 6.45) is 1.66. The Balaban J connectivity index is 1.97. The summed E-state index contributed by atoms with van der Waals surface area (Å²) in [4.78, 5) is 0.152. The van der Waals surface area contributed by atoms with E-state index in [4.69, 9.17) is 0 Å². The van der Waals surface area contributed by atoms with Crippen LogP contribution in [0.4, 0.5) is 0 Å². The van der Waals surface area contributed by atoms with Crippen LogP contribution in [0.3, 0.4) is 0 Å². The predicted octanol–water partition coefficient (Wildman–Crippen LogP) is 3.53. The van der Waals surface area contributed by atoms with Gasteiger partial charge in [0.05, 0.1) is 10.9 Å². The van der Waals surface area contributed by atoms with Crippen LogP contribution in [0.15, 0.2) is 47.4 Å². The Labute approximate surface area is 137 Å².